The first-order valence-electron chi connectivity index (χ1n) is 18.9. The normalized spacial score (nSPS) is 12.9. The first-order valence-corrected chi connectivity index (χ1v) is 18.9. The largest absolute Gasteiger partial charge is 0.509 e. The van der Waals surface area contributed by atoms with Crippen LogP contribution in [0.25, 0.3) is 38.8 Å². The van der Waals surface area contributed by atoms with Crippen molar-refractivity contribution >= 4 is 44.6 Å². The van der Waals surface area contributed by atoms with Crippen molar-refractivity contribution in [2.45, 2.75) is 52.4 Å². The summed E-state index contributed by atoms with van der Waals surface area (Å²) in [5.74, 6) is 2.07. The Labute approximate surface area is 344 Å². The Kier molecular flexibility index (Phi) is 9.63. The van der Waals surface area contributed by atoms with Gasteiger partial charge in [0.15, 0.2) is 0 Å². The zero-order valence-electron chi connectivity index (χ0n) is 32.4. The number of aromatic nitrogens is 2. The Balaban J connectivity index is 0.00000441. The fourth-order valence-corrected chi connectivity index (χ4v) is 7.67. The van der Waals surface area contributed by atoms with Gasteiger partial charge in [-0.2, -0.15) is 12.1 Å². The minimum Gasteiger partial charge on any atom is -0.509 e. The van der Waals surface area contributed by atoms with Gasteiger partial charge in [-0.05, 0) is 63.2 Å². The van der Waals surface area contributed by atoms with Gasteiger partial charge in [0.2, 0.25) is 0 Å². The molecule has 0 unspecified atom stereocenters. The summed E-state index contributed by atoms with van der Waals surface area (Å²) in [4.78, 5) is 9.38. The minimum atomic E-state index is -0.0923. The summed E-state index contributed by atoms with van der Waals surface area (Å²) < 4.78 is 8.78. The van der Waals surface area contributed by atoms with Crippen LogP contribution in [0.3, 0.4) is 0 Å². The van der Waals surface area contributed by atoms with Gasteiger partial charge >= 0.3 is 0 Å². The third-order valence-corrected chi connectivity index (χ3v) is 10.4. The van der Waals surface area contributed by atoms with E-state index in [9.17, 15) is 0 Å². The molecule has 0 radical (unpaired) electrons. The molecule has 0 fully saturated rings. The first-order chi connectivity index (χ1) is 26.5. The smallest absolute Gasteiger partial charge is 0.135 e. The van der Waals surface area contributed by atoms with Gasteiger partial charge in [0.25, 0.3) is 0 Å². The number of pyridine rings is 1. The number of hydrogen-bond donors (Lipinski definition) is 0. The summed E-state index contributed by atoms with van der Waals surface area (Å²) in [6.07, 6.45) is 1.90. The van der Waals surface area contributed by atoms with Crippen LogP contribution in [0, 0.1) is 18.8 Å². The number of para-hydroxylation sites is 4. The van der Waals surface area contributed by atoms with Crippen LogP contribution in [0.5, 0.6) is 11.5 Å². The summed E-state index contributed by atoms with van der Waals surface area (Å²) in [5, 5.41) is 2.24. The molecule has 2 aromatic heterocycles. The molecule has 1 aliphatic rings. The molecule has 0 saturated heterocycles. The quantitative estimate of drug-likeness (QED) is 0.156. The van der Waals surface area contributed by atoms with Gasteiger partial charge in [0, 0.05) is 66.9 Å². The van der Waals surface area contributed by atoms with Crippen molar-refractivity contribution in [2.24, 2.45) is 0 Å². The number of rotatable bonds is 6. The minimum absolute atomic E-state index is 0. The van der Waals surface area contributed by atoms with E-state index < -0.39 is 0 Å². The number of hydrogen-bond acceptors (Lipinski definition) is 4. The molecule has 56 heavy (non-hydrogen) atoms. The number of benzene rings is 6. The molecule has 0 bridgehead atoms. The molecule has 0 spiro atoms. The molecule has 9 rings (SSSR count). The second-order valence-electron chi connectivity index (χ2n) is 16.3. The maximum Gasteiger partial charge on any atom is 0.135 e. The van der Waals surface area contributed by atoms with Gasteiger partial charge < -0.3 is 19.1 Å². The molecule has 6 heteroatoms. The van der Waals surface area contributed by atoms with E-state index in [2.05, 4.69) is 196 Å². The van der Waals surface area contributed by atoms with Crippen LogP contribution in [0.15, 0.2) is 146 Å². The zero-order chi connectivity index (χ0) is 37.9. The summed E-state index contributed by atoms with van der Waals surface area (Å²) >= 11 is 0. The Hall–Kier alpha value is -5.64. The van der Waals surface area contributed by atoms with Crippen molar-refractivity contribution < 1.29 is 25.8 Å². The average molecular weight is 911 g/mol. The fourth-order valence-electron chi connectivity index (χ4n) is 7.67. The molecule has 0 amide bonds. The Bertz CT molecular complexity index is 2700. The maximum atomic E-state index is 6.59. The average Bonchev–Trinajstić information content (AvgIpc) is 3.73. The van der Waals surface area contributed by atoms with Crippen molar-refractivity contribution in [1.82, 2.24) is 9.55 Å². The van der Waals surface area contributed by atoms with E-state index in [1.165, 1.54) is 27.9 Å². The summed E-state index contributed by atoms with van der Waals surface area (Å²) in [5.41, 5.74) is 11.0. The summed E-state index contributed by atoms with van der Waals surface area (Å²) in [6.45, 7) is 15.7. The van der Waals surface area contributed by atoms with Gasteiger partial charge in [-0.15, -0.1) is 48.1 Å². The third kappa shape index (κ3) is 6.69. The van der Waals surface area contributed by atoms with Crippen molar-refractivity contribution in [1.29, 1.82) is 0 Å². The van der Waals surface area contributed by atoms with Crippen LogP contribution in [0.4, 0.5) is 22.7 Å². The van der Waals surface area contributed by atoms with E-state index >= 15 is 0 Å². The molecule has 3 heterocycles. The van der Waals surface area contributed by atoms with Gasteiger partial charge in [-0.3, -0.25) is 0 Å². The monoisotopic (exact) mass is 910 g/mol. The Morgan fingerprint density at radius 1 is 0.607 bits per heavy atom. The molecule has 282 valence electrons. The van der Waals surface area contributed by atoms with E-state index in [1.54, 1.807) is 0 Å². The van der Waals surface area contributed by atoms with E-state index in [4.69, 9.17) is 9.72 Å². The third-order valence-electron chi connectivity index (χ3n) is 10.4. The second-order valence-corrected chi connectivity index (χ2v) is 16.3. The van der Waals surface area contributed by atoms with E-state index in [1.807, 2.05) is 24.4 Å². The number of fused-ring (bicyclic) bond motifs is 4. The van der Waals surface area contributed by atoms with Gasteiger partial charge in [0.05, 0.1) is 0 Å². The Morgan fingerprint density at radius 3 is 2.07 bits per heavy atom. The van der Waals surface area contributed by atoms with Crippen LogP contribution >= 0.6 is 0 Å². The number of nitrogens with zero attached hydrogens (tertiary/aromatic N) is 4. The van der Waals surface area contributed by atoms with Crippen LogP contribution < -0.4 is 14.5 Å². The summed E-state index contributed by atoms with van der Waals surface area (Å²) in [7, 11) is 0. The van der Waals surface area contributed by atoms with Crippen LogP contribution in [-0.4, -0.2) is 9.55 Å². The predicted molar refractivity (Wildman–Crippen MR) is 227 cm³/mol. The molecule has 6 aromatic carbocycles. The van der Waals surface area contributed by atoms with Crippen LogP contribution in [0.2, 0.25) is 0 Å². The maximum absolute atomic E-state index is 6.59. The SMILES string of the molecule is CC(C)(C)c1ccnc(-n2c3[c-]c(Oc4[c-]c(N5[CH-]N(c6c(-c7ccccc7)cccc6C(C)(C)C)c6ccccc65)ccc4)ccc3c3ccccc32)c1.[Pt]. The van der Waals surface area contributed by atoms with Crippen LogP contribution in [0.1, 0.15) is 52.7 Å². The standard InChI is InChI=1S/C50H43N4O.Pt/c1-49(2,3)35-28-29-51-47(30-35)54-43-23-11-10-20-40(43)41-27-26-38(32-46(41)54)55-37-19-14-18-36(31-37)52-33-53(45-25-13-12-24-44(45)52)48-39(34-16-8-7-9-17-34)21-15-22-42(48)50(4,5)6;/h7-30,33H,1-6H3;/q-3;. The molecule has 0 N–H and O–H groups in total. The zero-order valence-corrected chi connectivity index (χ0v) is 34.7. The first kappa shape index (κ1) is 37.3. The van der Waals surface area contributed by atoms with Crippen molar-refractivity contribution in [3.63, 3.8) is 0 Å². The van der Waals surface area contributed by atoms with Gasteiger partial charge in [0.1, 0.15) is 5.82 Å². The predicted octanol–water partition coefficient (Wildman–Crippen LogP) is 13.2. The molecular weight excluding hydrogens is 868 g/mol. The molecule has 5 nitrogen and oxygen atoms in total. The molecule has 0 saturated carbocycles. The van der Waals surface area contributed by atoms with E-state index in [0.29, 0.717) is 11.5 Å². The topological polar surface area (TPSA) is 33.5 Å². The number of anilines is 4. The molecule has 8 aromatic rings. The van der Waals surface area contributed by atoms with Crippen molar-refractivity contribution in [2.75, 3.05) is 9.80 Å². The van der Waals surface area contributed by atoms with Gasteiger partial charge in [-0.25, -0.2) is 4.98 Å². The van der Waals surface area contributed by atoms with Crippen molar-refractivity contribution in [3.05, 3.63) is 176 Å². The molecule has 0 atom stereocenters. The molecule has 0 aliphatic carbocycles. The van der Waals surface area contributed by atoms with Crippen molar-refractivity contribution in [3.8, 4) is 28.4 Å². The molecular formula is C50H43N4OPt-3. The Morgan fingerprint density at radius 2 is 1.30 bits per heavy atom. The fraction of sp³-hybridized carbons (Fsp3) is 0.160. The second kappa shape index (κ2) is 14.5. The van der Waals surface area contributed by atoms with Gasteiger partial charge in [-0.1, -0.05) is 126 Å². The molecule has 1 aliphatic heterocycles. The summed E-state index contributed by atoms with van der Waals surface area (Å²) in [6, 6.07) is 56.0. The van der Waals surface area contributed by atoms with E-state index in [0.717, 1.165) is 44.7 Å². The van der Waals surface area contributed by atoms with E-state index in [-0.39, 0.29) is 31.9 Å². The van der Waals surface area contributed by atoms with Crippen LogP contribution in [-0.2, 0) is 31.9 Å². The number of ether oxygens (including phenoxy) is 1.